The third kappa shape index (κ3) is 3.84. The summed E-state index contributed by atoms with van der Waals surface area (Å²) in [7, 11) is 0. The maximum absolute atomic E-state index is 5.48. The number of nitrogens with two attached hydrogens (primary N) is 1. The van der Waals surface area contributed by atoms with Gasteiger partial charge < -0.3 is 11.1 Å². The third-order valence-corrected chi connectivity index (χ3v) is 3.07. The molecule has 0 aliphatic carbocycles. The molecule has 0 saturated carbocycles. The monoisotopic (exact) mass is 260 g/mol. The number of benzene rings is 1. The van der Waals surface area contributed by atoms with Crippen LogP contribution in [0.15, 0.2) is 30.6 Å². The molecule has 0 aliphatic rings. The van der Waals surface area contributed by atoms with Gasteiger partial charge in [0.15, 0.2) is 0 Å². The smallest absolute Gasteiger partial charge is 0.143 e. The largest absolute Gasteiger partial charge is 0.330 e. The minimum Gasteiger partial charge on any atom is -0.330 e. The number of hydrogen-bond donors (Lipinski definition) is 2. The van der Waals surface area contributed by atoms with Crippen molar-refractivity contribution in [3.8, 4) is 5.69 Å². The van der Waals surface area contributed by atoms with E-state index in [1.54, 1.807) is 11.0 Å². The Labute approximate surface area is 113 Å². The second-order valence-electron chi connectivity index (χ2n) is 4.52. The third-order valence-electron chi connectivity index (χ3n) is 3.07. The molecule has 1 aromatic heterocycles. The van der Waals surface area contributed by atoms with Gasteiger partial charge in [0.05, 0.1) is 5.69 Å². The lowest BCUT2D eigenvalue weighted by atomic mass is 10.1. The molecule has 0 aliphatic heterocycles. The molecule has 6 heteroatoms. The van der Waals surface area contributed by atoms with Gasteiger partial charge in [-0.25, -0.2) is 4.68 Å². The fourth-order valence-corrected chi connectivity index (χ4v) is 1.92. The van der Waals surface area contributed by atoms with Crippen LogP contribution in [0.3, 0.4) is 0 Å². The predicted octanol–water partition coefficient (Wildman–Crippen LogP) is 1.05. The van der Waals surface area contributed by atoms with E-state index >= 15 is 0 Å². The molecular weight excluding hydrogens is 240 g/mol. The van der Waals surface area contributed by atoms with Crippen LogP contribution in [0.4, 0.5) is 0 Å². The van der Waals surface area contributed by atoms with Gasteiger partial charge in [-0.05, 0) is 61.0 Å². The van der Waals surface area contributed by atoms with Gasteiger partial charge >= 0.3 is 0 Å². The minimum atomic E-state index is 0.300. The van der Waals surface area contributed by atoms with Gasteiger partial charge in [0.25, 0.3) is 0 Å². The van der Waals surface area contributed by atoms with Crippen molar-refractivity contribution >= 4 is 0 Å². The summed E-state index contributed by atoms with van der Waals surface area (Å²) in [6.45, 7) is 3.89. The summed E-state index contributed by atoms with van der Waals surface area (Å²) in [4.78, 5) is 0. The Morgan fingerprint density at radius 2 is 2.26 bits per heavy atom. The van der Waals surface area contributed by atoms with Crippen molar-refractivity contribution in [1.29, 1.82) is 0 Å². The number of aromatic nitrogens is 4. The van der Waals surface area contributed by atoms with Crippen molar-refractivity contribution in [3.05, 3.63) is 36.2 Å². The van der Waals surface area contributed by atoms with Crippen molar-refractivity contribution in [1.82, 2.24) is 25.5 Å². The van der Waals surface area contributed by atoms with Crippen LogP contribution in [0.25, 0.3) is 5.69 Å². The average Bonchev–Trinajstić information content (AvgIpc) is 2.98. The van der Waals surface area contributed by atoms with E-state index in [4.69, 9.17) is 5.73 Å². The zero-order chi connectivity index (χ0) is 13.5. The SMILES string of the molecule is CC(NCCCCN)c1cccc(-n2cnnn2)c1. The fraction of sp³-hybridized carbons (Fsp3) is 0.462. The van der Waals surface area contributed by atoms with E-state index in [-0.39, 0.29) is 0 Å². The first-order valence-corrected chi connectivity index (χ1v) is 6.58. The van der Waals surface area contributed by atoms with E-state index in [0.29, 0.717) is 6.04 Å². The summed E-state index contributed by atoms with van der Waals surface area (Å²) in [5, 5.41) is 14.7. The Morgan fingerprint density at radius 3 is 3.00 bits per heavy atom. The molecule has 19 heavy (non-hydrogen) atoms. The standard InChI is InChI=1S/C13H20N6/c1-11(15-8-3-2-7-14)12-5-4-6-13(9-12)19-10-16-17-18-19/h4-6,9-11,15H,2-3,7-8,14H2,1H3. The number of nitrogens with one attached hydrogen (secondary N) is 1. The number of unbranched alkanes of at least 4 members (excludes halogenated alkanes) is 1. The first-order valence-electron chi connectivity index (χ1n) is 6.58. The average molecular weight is 260 g/mol. The summed E-state index contributed by atoms with van der Waals surface area (Å²) in [5.41, 5.74) is 7.67. The highest BCUT2D eigenvalue weighted by molar-refractivity contribution is 5.35. The van der Waals surface area contributed by atoms with Crippen molar-refractivity contribution in [2.75, 3.05) is 13.1 Å². The van der Waals surface area contributed by atoms with Crippen LogP contribution in [0, 0.1) is 0 Å². The van der Waals surface area contributed by atoms with E-state index in [2.05, 4.69) is 39.9 Å². The summed E-state index contributed by atoms with van der Waals surface area (Å²) in [5.74, 6) is 0. The summed E-state index contributed by atoms with van der Waals surface area (Å²) in [6.07, 6.45) is 3.76. The van der Waals surface area contributed by atoms with Gasteiger partial charge in [0, 0.05) is 6.04 Å². The zero-order valence-electron chi connectivity index (χ0n) is 11.2. The number of nitrogens with zero attached hydrogens (tertiary/aromatic N) is 4. The normalized spacial score (nSPS) is 12.5. The Bertz CT molecular complexity index is 482. The van der Waals surface area contributed by atoms with Crippen LogP contribution in [0.5, 0.6) is 0 Å². The zero-order valence-corrected chi connectivity index (χ0v) is 11.2. The summed E-state index contributed by atoms with van der Waals surface area (Å²) in [6, 6.07) is 8.51. The Kier molecular flexibility index (Phi) is 5.00. The molecule has 0 radical (unpaired) electrons. The van der Waals surface area contributed by atoms with Crippen LogP contribution in [0.2, 0.25) is 0 Å². The van der Waals surface area contributed by atoms with Gasteiger partial charge in [-0.3, -0.25) is 0 Å². The molecule has 1 atom stereocenters. The molecule has 2 aromatic rings. The highest BCUT2D eigenvalue weighted by Crippen LogP contribution is 2.16. The molecule has 102 valence electrons. The van der Waals surface area contributed by atoms with Gasteiger partial charge in [0.1, 0.15) is 6.33 Å². The fourth-order valence-electron chi connectivity index (χ4n) is 1.92. The Balaban J connectivity index is 1.98. The van der Waals surface area contributed by atoms with Crippen LogP contribution in [0.1, 0.15) is 31.4 Å². The van der Waals surface area contributed by atoms with Crippen molar-refractivity contribution < 1.29 is 0 Å². The molecule has 1 unspecified atom stereocenters. The summed E-state index contributed by atoms with van der Waals surface area (Å²) >= 11 is 0. The molecule has 3 N–H and O–H groups in total. The lowest BCUT2D eigenvalue weighted by Gasteiger charge is -2.15. The molecule has 0 amide bonds. The topological polar surface area (TPSA) is 81.6 Å². The minimum absolute atomic E-state index is 0.300. The van der Waals surface area contributed by atoms with E-state index in [9.17, 15) is 0 Å². The van der Waals surface area contributed by atoms with E-state index in [1.165, 1.54) is 5.56 Å². The second kappa shape index (κ2) is 6.96. The number of rotatable bonds is 7. The number of hydrogen-bond acceptors (Lipinski definition) is 5. The van der Waals surface area contributed by atoms with Gasteiger partial charge in [-0.1, -0.05) is 12.1 Å². The van der Waals surface area contributed by atoms with E-state index in [0.717, 1.165) is 31.6 Å². The Morgan fingerprint density at radius 1 is 1.37 bits per heavy atom. The molecule has 1 aromatic carbocycles. The molecular formula is C13H20N6. The Hall–Kier alpha value is -1.79. The molecule has 0 bridgehead atoms. The molecule has 0 spiro atoms. The number of tetrazole rings is 1. The molecule has 0 saturated heterocycles. The molecule has 1 heterocycles. The highest BCUT2D eigenvalue weighted by atomic mass is 15.5. The van der Waals surface area contributed by atoms with Crippen molar-refractivity contribution in [2.24, 2.45) is 5.73 Å². The predicted molar refractivity (Wildman–Crippen MR) is 73.9 cm³/mol. The van der Waals surface area contributed by atoms with E-state index < -0.39 is 0 Å². The summed E-state index contributed by atoms with van der Waals surface area (Å²) < 4.78 is 1.66. The second-order valence-corrected chi connectivity index (χ2v) is 4.52. The van der Waals surface area contributed by atoms with Crippen LogP contribution in [-0.2, 0) is 0 Å². The van der Waals surface area contributed by atoms with Crippen LogP contribution in [-0.4, -0.2) is 33.3 Å². The van der Waals surface area contributed by atoms with Crippen LogP contribution < -0.4 is 11.1 Å². The lowest BCUT2D eigenvalue weighted by Crippen LogP contribution is -2.20. The first kappa shape index (κ1) is 13.6. The van der Waals surface area contributed by atoms with Crippen molar-refractivity contribution in [2.45, 2.75) is 25.8 Å². The molecule has 0 fully saturated rings. The maximum Gasteiger partial charge on any atom is 0.143 e. The van der Waals surface area contributed by atoms with Gasteiger partial charge in [0.2, 0.25) is 0 Å². The van der Waals surface area contributed by atoms with Gasteiger partial charge in [-0.15, -0.1) is 5.10 Å². The van der Waals surface area contributed by atoms with Gasteiger partial charge in [-0.2, -0.15) is 0 Å². The van der Waals surface area contributed by atoms with E-state index in [1.807, 2.05) is 12.1 Å². The van der Waals surface area contributed by atoms with Crippen LogP contribution >= 0.6 is 0 Å². The first-order chi connectivity index (χ1) is 9.31. The molecule has 2 rings (SSSR count). The highest BCUT2D eigenvalue weighted by Gasteiger charge is 2.06. The lowest BCUT2D eigenvalue weighted by molar-refractivity contribution is 0.548. The quantitative estimate of drug-likeness (QED) is 0.727. The molecule has 6 nitrogen and oxygen atoms in total. The van der Waals surface area contributed by atoms with Crippen molar-refractivity contribution in [3.63, 3.8) is 0 Å². The maximum atomic E-state index is 5.48.